The van der Waals surface area contributed by atoms with Crippen LogP contribution in [0.2, 0.25) is 0 Å². The highest BCUT2D eigenvalue weighted by atomic mass is 16.6. The number of hydrogen-bond donors (Lipinski definition) is 2. The maximum atomic E-state index is 12.1. The van der Waals surface area contributed by atoms with Crippen LogP contribution in [0.25, 0.3) is 0 Å². The molecule has 1 aromatic heterocycles. The lowest BCUT2D eigenvalue weighted by Gasteiger charge is -2.19. The van der Waals surface area contributed by atoms with Crippen LogP contribution in [-0.2, 0) is 14.9 Å². The predicted octanol–water partition coefficient (Wildman–Crippen LogP) is 3.06. The fraction of sp³-hybridized carbons (Fsp3) is 0.400. The quantitative estimate of drug-likeness (QED) is 0.763. The Kier molecular flexibility index (Phi) is 5.58. The van der Waals surface area contributed by atoms with Gasteiger partial charge in [0.05, 0.1) is 24.7 Å². The van der Waals surface area contributed by atoms with Crippen molar-refractivity contribution in [3.05, 3.63) is 35.7 Å². The van der Waals surface area contributed by atoms with Crippen molar-refractivity contribution < 1.29 is 23.8 Å². The number of hydrogen-bond acceptors (Lipinski definition) is 7. The van der Waals surface area contributed by atoms with Crippen LogP contribution in [0.5, 0.6) is 17.5 Å². The molecule has 3 N–H and O–H groups in total. The number of anilines is 1. The van der Waals surface area contributed by atoms with Gasteiger partial charge in [-0.15, -0.1) is 0 Å². The maximum absolute atomic E-state index is 12.1. The van der Waals surface area contributed by atoms with Crippen LogP contribution in [0.1, 0.15) is 38.3 Å². The van der Waals surface area contributed by atoms with Gasteiger partial charge < -0.3 is 25.3 Å². The Labute approximate surface area is 168 Å². The third kappa shape index (κ3) is 4.39. The van der Waals surface area contributed by atoms with E-state index in [1.165, 1.54) is 12.4 Å². The van der Waals surface area contributed by atoms with Crippen LogP contribution in [0.15, 0.2) is 24.5 Å². The van der Waals surface area contributed by atoms with E-state index in [0.717, 1.165) is 16.9 Å². The molecule has 1 atom stereocenters. The summed E-state index contributed by atoms with van der Waals surface area (Å²) in [5.41, 5.74) is 7.14. The number of primary amides is 1. The van der Waals surface area contributed by atoms with Crippen LogP contribution in [-0.4, -0.2) is 34.7 Å². The lowest BCUT2D eigenvalue weighted by atomic mass is 9.85. The van der Waals surface area contributed by atoms with Gasteiger partial charge in [0.25, 0.3) is 5.91 Å². The van der Waals surface area contributed by atoms with E-state index >= 15 is 0 Å². The molecule has 0 aliphatic carbocycles. The molecule has 3 rings (SSSR count). The molecule has 29 heavy (non-hydrogen) atoms. The fourth-order valence-electron chi connectivity index (χ4n) is 3.12. The summed E-state index contributed by atoms with van der Waals surface area (Å²) in [5, 5.41) is 2.58. The number of carbonyl (C=O) groups excluding carboxylic acids is 2. The second-order valence-corrected chi connectivity index (χ2v) is 7.44. The molecular formula is C20H24N4O5. The van der Waals surface area contributed by atoms with Gasteiger partial charge in [0.2, 0.25) is 0 Å². The minimum atomic E-state index is -1.01. The zero-order chi connectivity index (χ0) is 21.2. The number of benzene rings is 1. The first kappa shape index (κ1) is 20.4. The van der Waals surface area contributed by atoms with Crippen LogP contribution < -0.4 is 20.5 Å². The molecule has 0 fully saturated rings. The Hall–Kier alpha value is -3.36. The molecule has 2 amide bonds. The number of aryl methyl sites for hydroxylation is 1. The van der Waals surface area contributed by atoms with Crippen LogP contribution in [0.3, 0.4) is 0 Å². The van der Waals surface area contributed by atoms with E-state index in [2.05, 4.69) is 29.1 Å². The number of carbonyl (C=O) groups is 2. The predicted molar refractivity (Wildman–Crippen MR) is 105 cm³/mol. The molecule has 0 spiro atoms. The Morgan fingerprint density at radius 2 is 2.00 bits per heavy atom. The largest absolute Gasteiger partial charge is 0.492 e. The molecule has 1 aliphatic heterocycles. The van der Waals surface area contributed by atoms with Gasteiger partial charge >= 0.3 is 12.1 Å². The van der Waals surface area contributed by atoms with E-state index in [9.17, 15) is 9.59 Å². The van der Waals surface area contributed by atoms with Gasteiger partial charge in [-0.05, 0) is 25.0 Å². The van der Waals surface area contributed by atoms with Crippen LogP contribution in [0, 0.1) is 6.92 Å². The molecule has 1 aliphatic rings. The van der Waals surface area contributed by atoms with Gasteiger partial charge in [0.1, 0.15) is 11.5 Å². The highest BCUT2D eigenvalue weighted by molar-refractivity contribution is 5.94. The van der Waals surface area contributed by atoms with E-state index < -0.39 is 18.1 Å². The summed E-state index contributed by atoms with van der Waals surface area (Å²) in [6, 6.07) is 3.93. The monoisotopic (exact) mass is 400 g/mol. The molecule has 154 valence electrons. The third-order valence-electron chi connectivity index (χ3n) is 4.59. The molecule has 0 bridgehead atoms. The summed E-state index contributed by atoms with van der Waals surface area (Å²) in [4.78, 5) is 31.3. The molecule has 0 unspecified atom stereocenters. The Morgan fingerprint density at radius 1 is 1.31 bits per heavy atom. The number of amides is 2. The first-order valence-electron chi connectivity index (χ1n) is 9.25. The molecule has 0 saturated carbocycles. The second kappa shape index (κ2) is 7.94. The topological polar surface area (TPSA) is 126 Å². The van der Waals surface area contributed by atoms with Crippen molar-refractivity contribution in [2.45, 2.75) is 45.6 Å². The molecule has 1 aromatic carbocycles. The van der Waals surface area contributed by atoms with Crippen molar-refractivity contribution in [2.24, 2.45) is 5.73 Å². The van der Waals surface area contributed by atoms with E-state index in [-0.39, 0.29) is 17.8 Å². The first-order valence-corrected chi connectivity index (χ1v) is 9.25. The van der Waals surface area contributed by atoms with Crippen LogP contribution in [0.4, 0.5) is 10.5 Å². The number of aromatic nitrogens is 2. The number of nitrogens with two attached hydrogens (primary N) is 1. The average molecular weight is 400 g/mol. The average Bonchev–Trinajstić information content (AvgIpc) is 3.00. The third-order valence-corrected chi connectivity index (χ3v) is 4.59. The van der Waals surface area contributed by atoms with Crippen molar-refractivity contribution in [3.8, 4) is 17.5 Å². The summed E-state index contributed by atoms with van der Waals surface area (Å²) in [7, 11) is 0. The lowest BCUT2D eigenvalue weighted by molar-refractivity contribution is -0.124. The van der Waals surface area contributed by atoms with Gasteiger partial charge in [-0.1, -0.05) is 26.8 Å². The number of rotatable bonds is 6. The Morgan fingerprint density at radius 3 is 2.62 bits per heavy atom. The molecular weight excluding hydrogens is 376 g/mol. The van der Waals surface area contributed by atoms with Crippen molar-refractivity contribution in [3.63, 3.8) is 0 Å². The van der Waals surface area contributed by atoms with Crippen LogP contribution >= 0.6 is 0 Å². The fourth-order valence-corrected chi connectivity index (χ4v) is 3.12. The zero-order valence-electron chi connectivity index (χ0n) is 16.8. The van der Waals surface area contributed by atoms with E-state index in [4.69, 9.17) is 19.9 Å². The van der Waals surface area contributed by atoms with Gasteiger partial charge in [0.15, 0.2) is 6.10 Å². The van der Waals surface area contributed by atoms with E-state index in [1.807, 2.05) is 19.1 Å². The Balaban J connectivity index is 1.73. The van der Waals surface area contributed by atoms with Gasteiger partial charge in [-0.3, -0.25) is 4.79 Å². The highest BCUT2D eigenvalue weighted by Crippen LogP contribution is 2.46. The summed E-state index contributed by atoms with van der Waals surface area (Å²) in [6.45, 7) is 8.43. The second-order valence-electron chi connectivity index (χ2n) is 7.44. The van der Waals surface area contributed by atoms with Crippen molar-refractivity contribution >= 4 is 17.7 Å². The Bertz CT molecular complexity index is 927. The molecule has 2 aromatic rings. The minimum Gasteiger partial charge on any atom is -0.492 e. The summed E-state index contributed by atoms with van der Waals surface area (Å²) in [6.07, 6.45) is 1.11. The minimum absolute atomic E-state index is 0.136. The van der Waals surface area contributed by atoms with Crippen molar-refractivity contribution in [2.75, 3.05) is 11.9 Å². The zero-order valence-corrected chi connectivity index (χ0v) is 16.8. The first-order chi connectivity index (χ1) is 13.7. The lowest BCUT2D eigenvalue weighted by Crippen LogP contribution is -2.33. The summed E-state index contributed by atoms with van der Waals surface area (Å²) in [5.74, 6) is 0.945. The SMILES string of the molecule is CC[C@@H](OC(N)=O)C(=O)Nc1cnc(Oc2ccc(C)c3c2C(C)(C)CO3)nc1. The highest BCUT2D eigenvalue weighted by Gasteiger charge is 2.36. The summed E-state index contributed by atoms with van der Waals surface area (Å²) < 4.78 is 16.5. The van der Waals surface area contributed by atoms with Crippen molar-refractivity contribution in [1.82, 2.24) is 9.97 Å². The summed E-state index contributed by atoms with van der Waals surface area (Å²) >= 11 is 0. The van der Waals surface area contributed by atoms with Crippen molar-refractivity contribution in [1.29, 1.82) is 0 Å². The molecule has 9 nitrogen and oxygen atoms in total. The number of nitrogens with zero attached hydrogens (tertiary/aromatic N) is 2. The number of nitrogens with one attached hydrogen (secondary N) is 1. The van der Waals surface area contributed by atoms with E-state index in [1.54, 1.807) is 6.92 Å². The molecule has 0 saturated heterocycles. The van der Waals surface area contributed by atoms with Gasteiger partial charge in [0, 0.05) is 11.0 Å². The maximum Gasteiger partial charge on any atom is 0.405 e. The van der Waals surface area contributed by atoms with Gasteiger partial charge in [-0.25, -0.2) is 14.8 Å². The van der Waals surface area contributed by atoms with Gasteiger partial charge in [-0.2, -0.15) is 0 Å². The smallest absolute Gasteiger partial charge is 0.405 e. The number of ether oxygens (including phenoxy) is 3. The molecule has 2 heterocycles. The van der Waals surface area contributed by atoms with E-state index in [0.29, 0.717) is 18.0 Å². The normalized spacial score (nSPS) is 15.0. The molecule has 0 radical (unpaired) electrons. The number of fused-ring (bicyclic) bond motifs is 1. The standard InChI is InChI=1S/C20H24N4O5/c1-5-13(28-18(21)26)17(25)24-12-8-22-19(23-9-12)29-14-7-6-11(2)16-15(14)20(3,4)10-27-16/h6-9,13H,5,10H2,1-4H3,(H2,21,26)(H,24,25)/t13-/m1/s1. The molecule has 9 heteroatoms.